The first-order chi connectivity index (χ1) is 6.59. The van der Waals surface area contributed by atoms with Gasteiger partial charge in [-0.25, -0.2) is 0 Å². The zero-order chi connectivity index (χ0) is 10.3. The smallest absolute Gasteiger partial charge is 0.195 e. The number of hydrogen-bond donors (Lipinski definition) is 2. The lowest BCUT2D eigenvalue weighted by Gasteiger charge is -2.00. The van der Waals surface area contributed by atoms with Gasteiger partial charge in [-0.2, -0.15) is 0 Å². The second-order valence-electron chi connectivity index (χ2n) is 3.08. The highest BCUT2D eigenvalue weighted by atomic mass is 16.3. The fourth-order valence-corrected chi connectivity index (χ4v) is 1.25. The summed E-state index contributed by atoms with van der Waals surface area (Å²) in [5.41, 5.74) is 0.514. The van der Waals surface area contributed by atoms with Crippen molar-refractivity contribution in [3.05, 3.63) is 34.2 Å². The Morgan fingerprint density at radius 2 is 1.86 bits per heavy atom. The average molecular weight is 192 g/mol. The van der Waals surface area contributed by atoms with E-state index in [0.29, 0.717) is 5.56 Å². The van der Waals surface area contributed by atoms with Crippen molar-refractivity contribution in [3.8, 4) is 11.5 Å². The summed E-state index contributed by atoms with van der Waals surface area (Å²) in [5, 5.41) is 18.6. The van der Waals surface area contributed by atoms with Gasteiger partial charge in [0.1, 0.15) is 5.58 Å². The summed E-state index contributed by atoms with van der Waals surface area (Å²) in [5.74, 6) is -0.625. The first-order valence-electron chi connectivity index (χ1n) is 4.03. The van der Waals surface area contributed by atoms with Crippen molar-refractivity contribution in [2.45, 2.75) is 6.92 Å². The van der Waals surface area contributed by atoms with Gasteiger partial charge in [-0.1, -0.05) is 0 Å². The van der Waals surface area contributed by atoms with Gasteiger partial charge in [-0.3, -0.25) is 4.79 Å². The molecule has 2 N–H and O–H groups in total. The molecule has 2 rings (SSSR count). The Morgan fingerprint density at radius 1 is 1.21 bits per heavy atom. The highest BCUT2D eigenvalue weighted by molar-refractivity contribution is 5.80. The summed E-state index contributed by atoms with van der Waals surface area (Å²) in [4.78, 5) is 11.5. The van der Waals surface area contributed by atoms with Crippen molar-refractivity contribution in [2.75, 3.05) is 0 Å². The van der Waals surface area contributed by atoms with E-state index in [4.69, 9.17) is 9.52 Å². The molecule has 14 heavy (non-hydrogen) atoms. The van der Waals surface area contributed by atoms with Crippen LogP contribution in [0.2, 0.25) is 0 Å². The number of aryl methyl sites for hydroxylation is 1. The van der Waals surface area contributed by atoms with Gasteiger partial charge < -0.3 is 14.6 Å². The Labute approximate surface area is 79.0 Å². The van der Waals surface area contributed by atoms with Crippen LogP contribution < -0.4 is 5.43 Å². The summed E-state index contributed by atoms with van der Waals surface area (Å²) in [6, 6.07) is 2.41. The van der Waals surface area contributed by atoms with Crippen LogP contribution in [-0.2, 0) is 0 Å². The third-order valence-corrected chi connectivity index (χ3v) is 2.04. The molecule has 0 bridgehead atoms. The zero-order valence-corrected chi connectivity index (χ0v) is 7.44. The second-order valence-corrected chi connectivity index (χ2v) is 3.08. The van der Waals surface area contributed by atoms with Crippen LogP contribution in [0.1, 0.15) is 5.56 Å². The number of fused-ring (bicyclic) bond motifs is 1. The van der Waals surface area contributed by atoms with E-state index in [2.05, 4.69) is 0 Å². The van der Waals surface area contributed by atoms with Crippen molar-refractivity contribution < 1.29 is 14.6 Å². The van der Waals surface area contributed by atoms with E-state index in [-0.39, 0.29) is 27.9 Å². The number of phenols is 2. The first kappa shape index (κ1) is 8.62. The van der Waals surface area contributed by atoms with Crippen LogP contribution in [-0.4, -0.2) is 10.2 Å². The number of rotatable bonds is 0. The normalized spacial score (nSPS) is 10.6. The van der Waals surface area contributed by atoms with E-state index >= 15 is 0 Å². The van der Waals surface area contributed by atoms with E-state index in [0.717, 1.165) is 0 Å². The molecule has 0 aliphatic carbocycles. The second kappa shape index (κ2) is 2.77. The zero-order valence-electron chi connectivity index (χ0n) is 7.44. The first-order valence-corrected chi connectivity index (χ1v) is 4.03. The molecule has 0 aliphatic rings. The maximum absolute atomic E-state index is 11.5. The Bertz CT molecular complexity index is 554. The van der Waals surface area contributed by atoms with E-state index in [1.807, 2.05) is 0 Å². The molecule has 0 spiro atoms. The molecule has 4 nitrogen and oxygen atoms in total. The molecule has 0 radical (unpaired) electrons. The fourth-order valence-electron chi connectivity index (χ4n) is 1.25. The quantitative estimate of drug-likeness (QED) is 0.620. The number of phenolic OH excluding ortho intramolecular Hbond substituents is 2. The third-order valence-electron chi connectivity index (χ3n) is 2.04. The van der Waals surface area contributed by atoms with Gasteiger partial charge in [-0.05, 0) is 13.0 Å². The molecule has 0 fully saturated rings. The Hall–Kier alpha value is -1.97. The molecule has 0 unspecified atom stereocenters. The fraction of sp³-hybridized carbons (Fsp3) is 0.100. The SMILES string of the molecule is Cc1coc2cc(O)c(O)cc2c1=O. The lowest BCUT2D eigenvalue weighted by Crippen LogP contribution is -2.03. The highest BCUT2D eigenvalue weighted by Gasteiger charge is 2.08. The number of hydrogen-bond acceptors (Lipinski definition) is 4. The van der Waals surface area contributed by atoms with Crippen LogP contribution in [0.25, 0.3) is 11.0 Å². The van der Waals surface area contributed by atoms with Crippen molar-refractivity contribution in [2.24, 2.45) is 0 Å². The van der Waals surface area contributed by atoms with Gasteiger partial charge in [0.25, 0.3) is 0 Å². The van der Waals surface area contributed by atoms with Crippen molar-refractivity contribution in [1.29, 1.82) is 0 Å². The molecule has 72 valence electrons. The highest BCUT2D eigenvalue weighted by Crippen LogP contribution is 2.28. The Kier molecular flexibility index (Phi) is 1.70. The molecular formula is C10H8O4. The average Bonchev–Trinajstić information content (AvgIpc) is 2.15. The number of benzene rings is 1. The largest absolute Gasteiger partial charge is 0.504 e. The molecule has 1 aromatic heterocycles. The Balaban J connectivity index is 2.97. The molecule has 0 aliphatic heterocycles. The minimum atomic E-state index is -0.324. The lowest BCUT2D eigenvalue weighted by molar-refractivity contribution is 0.403. The summed E-state index contributed by atoms with van der Waals surface area (Å²) in [7, 11) is 0. The molecule has 0 amide bonds. The van der Waals surface area contributed by atoms with E-state index in [1.165, 1.54) is 18.4 Å². The maximum Gasteiger partial charge on any atom is 0.195 e. The van der Waals surface area contributed by atoms with Crippen molar-refractivity contribution >= 4 is 11.0 Å². The van der Waals surface area contributed by atoms with Gasteiger partial charge in [0.05, 0.1) is 11.6 Å². The van der Waals surface area contributed by atoms with Gasteiger partial charge in [-0.15, -0.1) is 0 Å². The predicted molar refractivity (Wildman–Crippen MR) is 50.6 cm³/mol. The van der Waals surface area contributed by atoms with Crippen molar-refractivity contribution in [3.63, 3.8) is 0 Å². The predicted octanol–water partition coefficient (Wildman–Crippen LogP) is 1.51. The molecule has 0 saturated carbocycles. The van der Waals surface area contributed by atoms with Crippen LogP contribution in [0.3, 0.4) is 0 Å². The molecule has 2 aromatic rings. The van der Waals surface area contributed by atoms with E-state index in [1.54, 1.807) is 6.92 Å². The minimum absolute atomic E-state index is 0.207. The van der Waals surface area contributed by atoms with E-state index < -0.39 is 0 Å². The molecule has 4 heteroatoms. The summed E-state index contributed by atoms with van der Waals surface area (Å²) in [6.45, 7) is 1.62. The van der Waals surface area contributed by atoms with Crippen molar-refractivity contribution in [1.82, 2.24) is 0 Å². The van der Waals surface area contributed by atoms with Crippen LogP contribution in [0, 0.1) is 6.92 Å². The topological polar surface area (TPSA) is 70.7 Å². The van der Waals surface area contributed by atoms with Crippen LogP contribution >= 0.6 is 0 Å². The van der Waals surface area contributed by atoms with Crippen LogP contribution in [0.4, 0.5) is 0 Å². The van der Waals surface area contributed by atoms with Gasteiger partial charge >= 0.3 is 0 Å². The number of aromatic hydroxyl groups is 2. The maximum atomic E-state index is 11.5. The van der Waals surface area contributed by atoms with E-state index in [9.17, 15) is 9.90 Å². The molecule has 0 saturated heterocycles. The minimum Gasteiger partial charge on any atom is -0.504 e. The molecular weight excluding hydrogens is 184 g/mol. The van der Waals surface area contributed by atoms with Crippen LogP contribution in [0.5, 0.6) is 11.5 Å². The summed E-state index contributed by atoms with van der Waals surface area (Å²) >= 11 is 0. The van der Waals surface area contributed by atoms with Gasteiger partial charge in [0, 0.05) is 11.6 Å². The molecule has 0 atom stereocenters. The lowest BCUT2D eigenvalue weighted by atomic mass is 10.1. The van der Waals surface area contributed by atoms with Crippen LogP contribution in [0.15, 0.2) is 27.6 Å². The van der Waals surface area contributed by atoms with Gasteiger partial charge in [0.2, 0.25) is 0 Å². The Morgan fingerprint density at radius 3 is 2.57 bits per heavy atom. The molecule has 1 aromatic carbocycles. The standard InChI is InChI=1S/C10H8O4/c1-5-4-14-9-3-8(12)7(11)2-6(9)10(5)13/h2-4,11-12H,1H3. The monoisotopic (exact) mass is 192 g/mol. The van der Waals surface area contributed by atoms with Gasteiger partial charge in [0.15, 0.2) is 16.9 Å². The summed E-state index contributed by atoms with van der Waals surface area (Å²) < 4.78 is 5.09. The third kappa shape index (κ3) is 1.12. The summed E-state index contributed by atoms with van der Waals surface area (Å²) in [6.07, 6.45) is 1.32. The molecule has 1 heterocycles.